The largest absolute Gasteiger partial charge is 0.480 e. The third-order valence-corrected chi connectivity index (χ3v) is 5.76. The van der Waals surface area contributed by atoms with Crippen LogP contribution in [0.3, 0.4) is 0 Å². The number of anilines is 1. The number of hydrogen-bond acceptors (Lipinski definition) is 10. The van der Waals surface area contributed by atoms with Gasteiger partial charge in [0.05, 0.1) is 6.61 Å². The summed E-state index contributed by atoms with van der Waals surface area (Å²) in [6, 6.07) is 1.90. The summed E-state index contributed by atoms with van der Waals surface area (Å²) in [6.45, 7) is -0.611. The fourth-order valence-electron chi connectivity index (χ4n) is 3.19. The van der Waals surface area contributed by atoms with Crippen LogP contribution in [0.15, 0.2) is 23.3 Å². The van der Waals surface area contributed by atoms with Crippen molar-refractivity contribution >= 4 is 27.3 Å². The number of rotatable bonds is 12. The number of aromatic nitrogens is 1. The van der Waals surface area contributed by atoms with E-state index in [2.05, 4.69) is 14.0 Å². The topological polar surface area (TPSA) is 270 Å². The first kappa shape index (κ1) is 28.6. The van der Waals surface area contributed by atoms with Crippen LogP contribution in [0.1, 0.15) is 25.5 Å². The number of carboxylic acids is 1. The lowest BCUT2D eigenvalue weighted by Gasteiger charge is -2.21. The van der Waals surface area contributed by atoms with Crippen molar-refractivity contribution in [2.24, 2.45) is 10.7 Å². The van der Waals surface area contributed by atoms with Gasteiger partial charge in [-0.05, 0) is 25.3 Å². The average Bonchev–Trinajstić information content (AvgIpc) is 2.99. The Morgan fingerprint density at radius 2 is 1.91 bits per heavy atom. The molecule has 5 atom stereocenters. The fraction of sp³-hybridized carbons (Fsp3) is 0.625. The maximum atomic E-state index is 11.4. The molecule has 0 aromatic carbocycles. The van der Waals surface area contributed by atoms with Gasteiger partial charge in [0, 0.05) is 24.5 Å². The van der Waals surface area contributed by atoms with Crippen LogP contribution >= 0.6 is 15.6 Å². The number of nitrogens with two attached hydrogens (primary N) is 2. The molecule has 1 aromatic heterocycles. The molecule has 0 saturated carbocycles. The summed E-state index contributed by atoms with van der Waals surface area (Å²) in [5, 5.41) is 19.5. The normalized spacial score (nSPS) is 24.9. The molecule has 16 nitrogen and oxygen atoms in total. The average molecular weight is 530 g/mol. The number of aliphatic hydroxyl groups is 1. The Morgan fingerprint density at radius 3 is 2.50 bits per heavy atom. The minimum absolute atomic E-state index is 0.207. The number of pyridine rings is 1. The Bertz CT molecular complexity index is 1010. The molecule has 0 bridgehead atoms. The summed E-state index contributed by atoms with van der Waals surface area (Å²) in [6.07, 6.45) is -3.61. The molecule has 0 unspecified atom stereocenters. The maximum Gasteiger partial charge on any atom is 0.470 e. The molecule has 0 amide bonds. The smallest absolute Gasteiger partial charge is 0.470 e. The van der Waals surface area contributed by atoms with Crippen LogP contribution in [0, 0.1) is 0 Å². The SMILES string of the molecule is Nc1ccn([C@@H]2O[C@H](COP(=O)(O)O)[C@@H](OP(=O)(O)O)[C@H]2O)/c(=N/CCCC[C@H](N)C(=O)O)c1. The van der Waals surface area contributed by atoms with E-state index in [0.717, 1.165) is 0 Å². The molecule has 2 rings (SSSR count). The second-order valence-electron chi connectivity index (χ2n) is 7.45. The van der Waals surface area contributed by atoms with E-state index in [0.29, 0.717) is 18.5 Å². The molecule has 1 aliphatic heterocycles. The van der Waals surface area contributed by atoms with E-state index >= 15 is 0 Å². The molecule has 1 saturated heterocycles. The number of nitrogen functional groups attached to an aromatic ring is 1. The number of unbranched alkanes of at least 4 members (excludes halogenated alkanes) is 1. The van der Waals surface area contributed by atoms with E-state index in [4.69, 9.17) is 40.9 Å². The first-order chi connectivity index (χ1) is 15.7. The zero-order valence-corrected chi connectivity index (χ0v) is 19.5. The summed E-state index contributed by atoms with van der Waals surface area (Å²) in [4.78, 5) is 51.3. The predicted octanol–water partition coefficient (Wildman–Crippen LogP) is -1.60. The van der Waals surface area contributed by atoms with Gasteiger partial charge in [0.25, 0.3) is 0 Å². The van der Waals surface area contributed by atoms with Crippen molar-refractivity contribution in [2.75, 3.05) is 18.9 Å². The minimum Gasteiger partial charge on any atom is -0.480 e. The van der Waals surface area contributed by atoms with E-state index < -0.39 is 58.8 Å². The summed E-state index contributed by atoms with van der Waals surface area (Å²) in [7, 11) is -10.1. The molecule has 2 heterocycles. The van der Waals surface area contributed by atoms with Crippen molar-refractivity contribution in [3.63, 3.8) is 0 Å². The fourth-order valence-corrected chi connectivity index (χ4v) is 4.11. The highest BCUT2D eigenvalue weighted by atomic mass is 31.2. The molecule has 194 valence electrons. The number of carbonyl (C=O) groups is 1. The molecule has 0 radical (unpaired) electrons. The lowest BCUT2D eigenvalue weighted by Crippen LogP contribution is -2.37. The van der Waals surface area contributed by atoms with Gasteiger partial charge in [-0.2, -0.15) is 0 Å². The number of phosphoric acid groups is 2. The van der Waals surface area contributed by atoms with Crippen LogP contribution in [-0.2, 0) is 27.7 Å². The van der Waals surface area contributed by atoms with Gasteiger partial charge in [-0.25, -0.2) is 9.13 Å². The Balaban J connectivity index is 2.24. The zero-order valence-electron chi connectivity index (χ0n) is 17.7. The lowest BCUT2D eigenvalue weighted by atomic mass is 10.1. The molecule has 1 aliphatic rings. The zero-order chi connectivity index (χ0) is 25.7. The first-order valence-corrected chi connectivity index (χ1v) is 13.0. The van der Waals surface area contributed by atoms with Gasteiger partial charge in [-0.3, -0.25) is 18.8 Å². The lowest BCUT2D eigenvalue weighted by molar-refractivity contribution is -0.138. The Hall–Kier alpha value is -1.68. The Kier molecular flexibility index (Phi) is 9.94. The van der Waals surface area contributed by atoms with Crippen molar-refractivity contribution in [3.05, 3.63) is 23.8 Å². The molecular weight excluding hydrogens is 502 g/mol. The summed E-state index contributed by atoms with van der Waals surface area (Å²) >= 11 is 0. The van der Waals surface area contributed by atoms with Crippen LogP contribution < -0.4 is 17.0 Å². The molecule has 34 heavy (non-hydrogen) atoms. The van der Waals surface area contributed by atoms with E-state index in [9.17, 15) is 19.0 Å². The number of phosphoric ester groups is 2. The van der Waals surface area contributed by atoms with E-state index in [1.807, 2.05) is 0 Å². The van der Waals surface area contributed by atoms with Gasteiger partial charge in [0.15, 0.2) is 6.23 Å². The predicted molar refractivity (Wildman–Crippen MR) is 114 cm³/mol. The third kappa shape index (κ3) is 8.83. The van der Waals surface area contributed by atoms with Gasteiger partial charge in [0.1, 0.15) is 29.8 Å². The number of hydrogen-bond donors (Lipinski definition) is 8. The van der Waals surface area contributed by atoms with Crippen molar-refractivity contribution in [1.29, 1.82) is 0 Å². The summed E-state index contributed by atoms with van der Waals surface area (Å²) in [5.74, 6) is -1.11. The molecule has 1 fully saturated rings. The van der Waals surface area contributed by atoms with Gasteiger partial charge in [-0.1, -0.05) is 0 Å². The van der Waals surface area contributed by atoms with Crippen LogP contribution in [0.25, 0.3) is 0 Å². The quantitative estimate of drug-likeness (QED) is 0.112. The second kappa shape index (κ2) is 11.8. The summed E-state index contributed by atoms with van der Waals surface area (Å²) < 4.78 is 38.2. The van der Waals surface area contributed by atoms with E-state index in [1.54, 1.807) is 0 Å². The van der Waals surface area contributed by atoms with Crippen LogP contribution in [0.5, 0.6) is 0 Å². The third-order valence-electron chi connectivity index (χ3n) is 4.75. The van der Waals surface area contributed by atoms with Gasteiger partial charge >= 0.3 is 21.6 Å². The van der Waals surface area contributed by atoms with E-state index in [-0.39, 0.29) is 18.5 Å². The second-order valence-corrected chi connectivity index (χ2v) is 9.88. The van der Waals surface area contributed by atoms with Gasteiger partial charge in [-0.15, -0.1) is 0 Å². The number of aliphatic carboxylic acids is 1. The Labute approximate surface area is 193 Å². The standard InChI is InChI=1S/C16H28N4O12P2/c17-9-4-6-20(12(7-9)19-5-2-1-3-10(18)16(22)23)15-13(21)14(32-34(27,28)29)11(31-15)8-30-33(24,25)26/h4,6-7,10-11,13-15,21H,1-3,5,8,17-18H2,(H,22,23)(H2,24,25,26)(H2,27,28,29)/b19-12+/t10-,11+,13+,14+,15+/m0/s1. The van der Waals surface area contributed by atoms with Gasteiger partial charge in [0.2, 0.25) is 0 Å². The van der Waals surface area contributed by atoms with Crippen molar-refractivity contribution in [1.82, 2.24) is 4.57 Å². The number of ether oxygens (including phenoxy) is 1. The van der Waals surface area contributed by atoms with Crippen molar-refractivity contribution in [3.8, 4) is 0 Å². The molecule has 0 spiro atoms. The highest BCUT2D eigenvalue weighted by Crippen LogP contribution is 2.45. The van der Waals surface area contributed by atoms with Crippen LogP contribution in [-0.4, -0.2) is 77.8 Å². The molecule has 0 aliphatic carbocycles. The van der Waals surface area contributed by atoms with Gasteiger partial charge < -0.3 is 50.6 Å². The minimum atomic E-state index is -5.13. The number of nitrogens with zero attached hydrogens (tertiary/aromatic N) is 2. The summed E-state index contributed by atoms with van der Waals surface area (Å²) in [5.41, 5.74) is 11.8. The monoisotopic (exact) mass is 530 g/mol. The molecular formula is C16H28N4O12P2. The molecule has 1 aromatic rings. The van der Waals surface area contributed by atoms with E-state index in [1.165, 1.54) is 22.9 Å². The van der Waals surface area contributed by atoms with Crippen LogP contribution in [0.4, 0.5) is 5.69 Å². The maximum absolute atomic E-state index is 11.4. The highest BCUT2D eigenvalue weighted by Gasteiger charge is 2.49. The number of carboxylic acid groups (broad SMARTS) is 1. The molecule has 18 heteroatoms. The van der Waals surface area contributed by atoms with Crippen LogP contribution in [0.2, 0.25) is 0 Å². The number of aliphatic hydroxyl groups excluding tert-OH is 1. The highest BCUT2D eigenvalue weighted by molar-refractivity contribution is 7.46. The van der Waals surface area contributed by atoms with Crippen molar-refractivity contribution < 1.29 is 57.5 Å². The van der Waals surface area contributed by atoms with Crippen molar-refractivity contribution in [2.45, 2.75) is 49.8 Å². The Morgan fingerprint density at radius 1 is 1.24 bits per heavy atom. The molecule has 10 N–H and O–H groups in total. The first-order valence-electron chi connectivity index (χ1n) is 9.92.